The van der Waals surface area contributed by atoms with Gasteiger partial charge in [-0.25, -0.2) is 4.99 Å². The van der Waals surface area contributed by atoms with E-state index in [1.165, 1.54) is 76.5 Å². The summed E-state index contributed by atoms with van der Waals surface area (Å²) in [6.07, 6.45) is 20.5. The van der Waals surface area contributed by atoms with Gasteiger partial charge in [-0.2, -0.15) is 0 Å². The highest BCUT2D eigenvalue weighted by Crippen LogP contribution is 2.20. The molecular formula is C22H43N2O+. The Morgan fingerprint density at radius 2 is 1.56 bits per heavy atom. The molecule has 1 aliphatic rings. The quantitative estimate of drug-likeness (QED) is 0.223. The lowest BCUT2D eigenvalue weighted by Crippen LogP contribution is -2.52. The molecule has 0 aliphatic carbocycles. The Kier molecular flexibility index (Phi) is 13.0. The lowest BCUT2D eigenvalue weighted by molar-refractivity contribution is -0.835. The van der Waals surface area contributed by atoms with E-state index in [4.69, 9.17) is 4.99 Å². The second-order valence-electron chi connectivity index (χ2n) is 7.56. The van der Waals surface area contributed by atoms with Crippen LogP contribution in [0.4, 0.5) is 0 Å². The Balaban J connectivity index is 1.97. The summed E-state index contributed by atoms with van der Waals surface area (Å²) in [7, 11) is 0. The van der Waals surface area contributed by atoms with Gasteiger partial charge < -0.3 is 5.11 Å². The van der Waals surface area contributed by atoms with E-state index >= 15 is 0 Å². The molecule has 1 aliphatic heterocycles. The first-order chi connectivity index (χ1) is 12.3. The number of rotatable bonds is 16. The molecule has 1 N–H and O–H groups in total. The number of aliphatic hydroxyl groups excluding tert-OH is 1. The van der Waals surface area contributed by atoms with Crippen molar-refractivity contribution >= 4 is 5.84 Å². The number of aliphatic hydroxyl groups is 1. The zero-order chi connectivity index (χ0) is 18.2. The summed E-state index contributed by atoms with van der Waals surface area (Å²) < 4.78 is 0.948. The molecule has 0 aromatic heterocycles. The van der Waals surface area contributed by atoms with Crippen molar-refractivity contribution in [3.8, 4) is 0 Å². The van der Waals surface area contributed by atoms with Crippen molar-refractivity contribution in [1.29, 1.82) is 0 Å². The largest absolute Gasteiger partial charge is 0.390 e. The first kappa shape index (κ1) is 22.4. The fourth-order valence-electron chi connectivity index (χ4n) is 3.91. The fraction of sp³-hybridized carbons (Fsp3) is 0.864. The third kappa shape index (κ3) is 9.01. The van der Waals surface area contributed by atoms with Crippen LogP contribution in [0.2, 0.25) is 0 Å². The number of likely N-dealkylation sites (N-methyl/N-ethyl adjacent to an activating group) is 1. The second-order valence-corrected chi connectivity index (χ2v) is 7.56. The summed E-state index contributed by atoms with van der Waals surface area (Å²) in [6.45, 7) is 8.73. The standard InChI is InChI=1S/C22H43N2O/c1-3-5-6-7-8-9-10-11-12-13-14-15-16-17-22-23-18-19-24(22,4-2)20-21-25/h6-7,25H,3-5,8-21H2,1-2H3/q+1/b7-6+. The average molecular weight is 352 g/mol. The van der Waals surface area contributed by atoms with E-state index in [0.717, 1.165) is 37.1 Å². The average Bonchev–Trinajstić information content (AvgIpc) is 3.02. The summed E-state index contributed by atoms with van der Waals surface area (Å²) >= 11 is 0. The Morgan fingerprint density at radius 1 is 0.920 bits per heavy atom. The monoisotopic (exact) mass is 351 g/mol. The van der Waals surface area contributed by atoms with Gasteiger partial charge in [0.05, 0.1) is 19.7 Å². The van der Waals surface area contributed by atoms with Gasteiger partial charge in [-0.05, 0) is 32.6 Å². The highest BCUT2D eigenvalue weighted by atomic mass is 16.3. The number of aliphatic imine (C=N–C) groups is 1. The lowest BCUT2D eigenvalue weighted by Gasteiger charge is -2.33. The van der Waals surface area contributed by atoms with Crippen LogP contribution in [0.15, 0.2) is 17.1 Å². The molecule has 146 valence electrons. The molecule has 0 radical (unpaired) electrons. The molecule has 0 saturated heterocycles. The van der Waals surface area contributed by atoms with E-state index < -0.39 is 0 Å². The zero-order valence-electron chi connectivity index (χ0n) is 17.0. The van der Waals surface area contributed by atoms with E-state index in [-0.39, 0.29) is 6.61 Å². The number of hydrogen-bond donors (Lipinski definition) is 1. The molecule has 3 heteroatoms. The number of amidine groups is 1. The van der Waals surface area contributed by atoms with Gasteiger partial charge in [0, 0.05) is 6.42 Å². The van der Waals surface area contributed by atoms with Crippen molar-refractivity contribution in [3.05, 3.63) is 12.2 Å². The van der Waals surface area contributed by atoms with Crippen LogP contribution in [0.3, 0.4) is 0 Å². The van der Waals surface area contributed by atoms with Gasteiger partial charge >= 0.3 is 0 Å². The zero-order valence-corrected chi connectivity index (χ0v) is 17.0. The van der Waals surface area contributed by atoms with Crippen LogP contribution in [-0.2, 0) is 0 Å². The molecule has 0 aromatic carbocycles. The molecule has 0 aromatic rings. The predicted molar refractivity (Wildman–Crippen MR) is 110 cm³/mol. The van der Waals surface area contributed by atoms with Crippen LogP contribution in [0.25, 0.3) is 0 Å². The third-order valence-corrected chi connectivity index (χ3v) is 5.65. The maximum atomic E-state index is 9.35. The first-order valence-corrected chi connectivity index (χ1v) is 10.9. The van der Waals surface area contributed by atoms with Crippen LogP contribution in [-0.4, -0.2) is 48.2 Å². The number of hydrogen-bond acceptors (Lipinski definition) is 2. The van der Waals surface area contributed by atoms with Gasteiger partial charge in [0.2, 0.25) is 0 Å². The molecule has 0 bridgehead atoms. The molecule has 1 unspecified atom stereocenters. The fourth-order valence-corrected chi connectivity index (χ4v) is 3.91. The Morgan fingerprint density at radius 3 is 2.20 bits per heavy atom. The third-order valence-electron chi connectivity index (χ3n) is 5.65. The predicted octanol–water partition coefficient (Wildman–Crippen LogP) is 5.48. The van der Waals surface area contributed by atoms with Crippen LogP contribution >= 0.6 is 0 Å². The minimum atomic E-state index is 0.279. The normalized spacial score (nSPS) is 20.5. The maximum absolute atomic E-state index is 9.35. The molecule has 0 amide bonds. The highest BCUT2D eigenvalue weighted by molar-refractivity contribution is 5.76. The topological polar surface area (TPSA) is 32.6 Å². The molecule has 1 rings (SSSR count). The Labute approximate surface area is 156 Å². The number of unbranched alkanes of at least 4 members (excludes halogenated alkanes) is 9. The smallest absolute Gasteiger partial charge is 0.198 e. The Hall–Kier alpha value is -0.670. The van der Waals surface area contributed by atoms with Gasteiger partial charge in [-0.15, -0.1) is 0 Å². The molecule has 1 atom stereocenters. The van der Waals surface area contributed by atoms with E-state index in [2.05, 4.69) is 26.0 Å². The van der Waals surface area contributed by atoms with E-state index in [9.17, 15) is 5.11 Å². The van der Waals surface area contributed by atoms with Crippen molar-refractivity contribution in [2.45, 2.75) is 90.9 Å². The van der Waals surface area contributed by atoms with Crippen molar-refractivity contribution in [2.75, 3.05) is 32.8 Å². The van der Waals surface area contributed by atoms with Crippen LogP contribution in [0.1, 0.15) is 90.9 Å². The SMILES string of the molecule is CCC/C=C/CCCCCCCCCCC1=NCC[N+]1(CC)CCO. The second kappa shape index (κ2) is 14.5. The van der Waals surface area contributed by atoms with E-state index in [0.29, 0.717) is 0 Å². The van der Waals surface area contributed by atoms with Gasteiger partial charge in [-0.1, -0.05) is 64.0 Å². The van der Waals surface area contributed by atoms with Crippen LogP contribution < -0.4 is 0 Å². The minimum absolute atomic E-state index is 0.279. The van der Waals surface area contributed by atoms with Crippen molar-refractivity contribution in [1.82, 2.24) is 0 Å². The van der Waals surface area contributed by atoms with E-state index in [1.807, 2.05) is 0 Å². The van der Waals surface area contributed by atoms with Gasteiger partial charge in [0.15, 0.2) is 5.84 Å². The molecule has 0 spiro atoms. The minimum Gasteiger partial charge on any atom is -0.390 e. The molecular weight excluding hydrogens is 308 g/mol. The number of quaternary nitrogens is 1. The van der Waals surface area contributed by atoms with Crippen molar-refractivity contribution < 1.29 is 9.59 Å². The summed E-state index contributed by atoms with van der Waals surface area (Å²) in [5.41, 5.74) is 0. The van der Waals surface area contributed by atoms with Crippen LogP contribution in [0.5, 0.6) is 0 Å². The number of nitrogens with zero attached hydrogens (tertiary/aromatic N) is 2. The maximum Gasteiger partial charge on any atom is 0.198 e. The van der Waals surface area contributed by atoms with Gasteiger partial charge in [0.1, 0.15) is 13.1 Å². The van der Waals surface area contributed by atoms with Crippen molar-refractivity contribution in [3.63, 3.8) is 0 Å². The summed E-state index contributed by atoms with van der Waals surface area (Å²) in [4.78, 5) is 4.75. The molecule has 1 heterocycles. The first-order valence-electron chi connectivity index (χ1n) is 10.9. The lowest BCUT2D eigenvalue weighted by atomic mass is 10.1. The number of allylic oxidation sites excluding steroid dienone is 2. The van der Waals surface area contributed by atoms with Crippen molar-refractivity contribution in [2.24, 2.45) is 4.99 Å². The summed E-state index contributed by atoms with van der Waals surface area (Å²) in [5.74, 6) is 1.35. The summed E-state index contributed by atoms with van der Waals surface area (Å²) in [5, 5.41) is 9.35. The summed E-state index contributed by atoms with van der Waals surface area (Å²) in [6, 6.07) is 0. The van der Waals surface area contributed by atoms with E-state index in [1.54, 1.807) is 0 Å². The van der Waals surface area contributed by atoms with Crippen LogP contribution in [0, 0.1) is 0 Å². The highest BCUT2D eigenvalue weighted by Gasteiger charge is 2.35. The molecule has 0 fully saturated rings. The molecule has 0 saturated carbocycles. The molecule has 25 heavy (non-hydrogen) atoms. The van der Waals surface area contributed by atoms with Gasteiger partial charge in [0.25, 0.3) is 0 Å². The van der Waals surface area contributed by atoms with Gasteiger partial charge in [-0.3, -0.25) is 4.48 Å². The Bertz CT molecular complexity index is 378. The molecule has 3 nitrogen and oxygen atoms in total.